The second-order valence-electron chi connectivity index (χ2n) is 10.2. The van der Waals surface area contributed by atoms with Gasteiger partial charge in [-0.15, -0.1) is 0 Å². The van der Waals surface area contributed by atoms with Crippen molar-refractivity contribution >= 4 is 28.4 Å². The molecule has 1 saturated carbocycles. The van der Waals surface area contributed by atoms with Gasteiger partial charge in [-0.3, -0.25) is 14.7 Å². The third kappa shape index (κ3) is 5.17. The fourth-order valence-electron chi connectivity index (χ4n) is 4.93. The Bertz CT molecular complexity index is 1850. The summed E-state index contributed by atoms with van der Waals surface area (Å²) in [4.78, 5) is 30.1. The fraction of sp³-hybridized carbons (Fsp3) is 0.207. The van der Waals surface area contributed by atoms with Crippen LogP contribution in [0.25, 0.3) is 16.7 Å². The van der Waals surface area contributed by atoms with Gasteiger partial charge in [0.25, 0.3) is 11.5 Å². The van der Waals surface area contributed by atoms with E-state index in [0.29, 0.717) is 22.6 Å². The quantitative estimate of drug-likeness (QED) is 0.241. The van der Waals surface area contributed by atoms with Crippen LogP contribution < -0.4 is 20.9 Å². The minimum atomic E-state index is -0.767. The molecule has 1 aliphatic carbocycles. The molecular weight excluding hydrogens is 548 g/mol. The molecule has 0 spiro atoms. The van der Waals surface area contributed by atoms with E-state index in [1.54, 1.807) is 13.2 Å². The van der Waals surface area contributed by atoms with Crippen LogP contribution in [0.5, 0.6) is 11.5 Å². The van der Waals surface area contributed by atoms with Crippen molar-refractivity contribution in [2.45, 2.75) is 31.4 Å². The number of amides is 1. The number of pyridine rings is 1. The Morgan fingerprint density at radius 3 is 2.60 bits per heavy atom. The number of carbonyl (C=O) groups excluding carboxylic acids is 1. The van der Waals surface area contributed by atoms with Crippen LogP contribution in [0, 0.1) is 11.6 Å². The number of H-pyrrole nitrogens is 1. The van der Waals surface area contributed by atoms with E-state index in [4.69, 9.17) is 9.47 Å². The number of hydrogen-bond donors (Lipinski definition) is 3. The van der Waals surface area contributed by atoms with Gasteiger partial charge in [-0.1, -0.05) is 0 Å². The van der Waals surface area contributed by atoms with Gasteiger partial charge >= 0.3 is 0 Å². The largest absolute Gasteiger partial charge is 0.453 e. The molecule has 3 aromatic heterocycles. The normalized spacial score (nSPS) is 18.0. The van der Waals surface area contributed by atoms with Crippen LogP contribution in [0.1, 0.15) is 30.1 Å². The Morgan fingerprint density at radius 1 is 1.07 bits per heavy atom. The molecule has 0 atom stereocenters. The summed E-state index contributed by atoms with van der Waals surface area (Å²) in [5.74, 6) is -1.23. The van der Waals surface area contributed by atoms with Crippen LogP contribution in [0.3, 0.4) is 0 Å². The highest BCUT2D eigenvalue weighted by molar-refractivity contribution is 6.04. The number of carbonyl (C=O) groups is 1. The van der Waals surface area contributed by atoms with Crippen molar-refractivity contribution in [1.82, 2.24) is 25.0 Å². The first kappa shape index (κ1) is 27.0. The first-order valence-electron chi connectivity index (χ1n) is 13.0. The molecule has 1 amide bonds. The van der Waals surface area contributed by atoms with E-state index in [0.717, 1.165) is 23.6 Å². The second kappa shape index (κ2) is 10.7. The van der Waals surface area contributed by atoms with Crippen LogP contribution >= 0.6 is 0 Å². The minimum absolute atomic E-state index is 0.0930. The van der Waals surface area contributed by atoms with Gasteiger partial charge < -0.3 is 20.1 Å². The summed E-state index contributed by atoms with van der Waals surface area (Å²) in [6.45, 7) is 2.07. The molecule has 214 valence electrons. The van der Waals surface area contributed by atoms with Gasteiger partial charge in [-0.25, -0.2) is 13.8 Å². The fourth-order valence-corrected chi connectivity index (χ4v) is 4.93. The number of rotatable bonds is 8. The van der Waals surface area contributed by atoms with Gasteiger partial charge in [0.1, 0.15) is 22.5 Å². The number of methoxy groups -OCH3 is 1. The zero-order valence-corrected chi connectivity index (χ0v) is 22.5. The number of nitrogens with one attached hydrogen (secondary N) is 3. The zero-order valence-electron chi connectivity index (χ0n) is 22.5. The van der Waals surface area contributed by atoms with Crippen molar-refractivity contribution in [3.8, 4) is 17.2 Å². The van der Waals surface area contributed by atoms with Gasteiger partial charge in [-0.2, -0.15) is 14.9 Å². The summed E-state index contributed by atoms with van der Waals surface area (Å²) in [5, 5.41) is 17.7. The van der Waals surface area contributed by atoms with Crippen molar-refractivity contribution in [3.05, 3.63) is 94.5 Å². The smallest absolute Gasteiger partial charge is 0.284 e. The number of ether oxygens (including phenoxy) is 2. The number of halogens is 2. The summed E-state index contributed by atoms with van der Waals surface area (Å²) in [7, 11) is 1.68. The molecule has 0 radical (unpaired) electrons. The van der Waals surface area contributed by atoms with Crippen LogP contribution in [-0.4, -0.2) is 49.6 Å². The maximum absolute atomic E-state index is 15.2. The number of anilines is 2. The van der Waals surface area contributed by atoms with Crippen molar-refractivity contribution < 1.29 is 23.0 Å². The molecule has 1 aliphatic rings. The molecule has 3 heterocycles. The lowest BCUT2D eigenvalue weighted by molar-refractivity contribution is 0.000861. The van der Waals surface area contributed by atoms with E-state index >= 15 is 4.39 Å². The maximum atomic E-state index is 15.2. The van der Waals surface area contributed by atoms with E-state index in [9.17, 15) is 14.0 Å². The van der Waals surface area contributed by atoms with Gasteiger partial charge in [-0.05, 0) is 62.2 Å². The molecule has 0 bridgehead atoms. The molecule has 6 rings (SSSR count). The molecular formula is C29H25F2N7O4. The summed E-state index contributed by atoms with van der Waals surface area (Å²) in [6.07, 6.45) is 4.56. The van der Waals surface area contributed by atoms with Gasteiger partial charge in [0.05, 0.1) is 11.8 Å². The lowest BCUT2D eigenvalue weighted by Crippen LogP contribution is -2.51. The van der Waals surface area contributed by atoms with E-state index in [1.165, 1.54) is 54.9 Å². The lowest BCUT2D eigenvalue weighted by atomic mass is 9.76. The molecule has 13 heteroatoms. The highest BCUT2D eigenvalue weighted by Gasteiger charge is 2.41. The average molecular weight is 574 g/mol. The van der Waals surface area contributed by atoms with Crippen molar-refractivity contribution in [2.24, 2.45) is 0 Å². The third-order valence-corrected chi connectivity index (χ3v) is 7.10. The first-order valence-corrected chi connectivity index (χ1v) is 13.0. The Hall–Kier alpha value is -5.17. The van der Waals surface area contributed by atoms with Crippen molar-refractivity contribution in [1.29, 1.82) is 0 Å². The summed E-state index contributed by atoms with van der Waals surface area (Å²) in [6, 6.07) is 11.8. The van der Waals surface area contributed by atoms with Gasteiger partial charge in [0, 0.05) is 42.9 Å². The Labute approximate surface area is 237 Å². The van der Waals surface area contributed by atoms with Crippen LogP contribution in [0.2, 0.25) is 0 Å². The SMILES string of the molecule is CO[C@H]1C[C@@](C)(Nc2n[nH]c3nccc(Oc4ccc(NC(=O)c5ccnn(-c6ccc(F)cc6)c5=O)cc4F)c23)C1. The van der Waals surface area contributed by atoms with E-state index in [1.807, 2.05) is 0 Å². The minimum Gasteiger partial charge on any atom is -0.453 e. The van der Waals surface area contributed by atoms with Gasteiger partial charge in [0.2, 0.25) is 0 Å². The molecule has 1 fully saturated rings. The molecule has 0 saturated heterocycles. The Balaban J connectivity index is 1.20. The van der Waals surface area contributed by atoms with Crippen LogP contribution in [-0.2, 0) is 4.74 Å². The van der Waals surface area contributed by atoms with Gasteiger partial charge in [0.15, 0.2) is 23.0 Å². The molecule has 2 aromatic carbocycles. The Kier molecular flexibility index (Phi) is 6.86. The number of nitrogens with zero attached hydrogens (tertiary/aromatic N) is 4. The van der Waals surface area contributed by atoms with Crippen LogP contribution in [0.4, 0.5) is 20.3 Å². The monoisotopic (exact) mass is 573 g/mol. The summed E-state index contributed by atoms with van der Waals surface area (Å²) in [5.41, 5.74) is -0.323. The number of benzene rings is 2. The number of hydrogen-bond acceptors (Lipinski definition) is 8. The Morgan fingerprint density at radius 2 is 1.86 bits per heavy atom. The molecule has 11 nitrogen and oxygen atoms in total. The highest BCUT2D eigenvalue weighted by atomic mass is 19.1. The number of aromatic nitrogens is 5. The summed E-state index contributed by atoms with van der Waals surface area (Å²) >= 11 is 0. The molecule has 0 unspecified atom stereocenters. The standard InChI is InChI=1S/C29H25F2N7O4/c1-29(14-19(15-29)41-2)35-26-24-23(10-11-32-25(24)36-37-26)42-22-8-5-17(13-21(22)31)34-27(39)20-9-12-33-38(28(20)40)18-6-3-16(30)4-7-18/h3-13,19H,14-15H2,1-2H3,(H,34,39)(H2,32,35,36,37)/t19-,29+. The summed E-state index contributed by atoms with van der Waals surface area (Å²) < 4.78 is 40.8. The van der Waals surface area contributed by atoms with E-state index in [-0.39, 0.29) is 34.3 Å². The van der Waals surface area contributed by atoms with E-state index < -0.39 is 23.1 Å². The molecule has 42 heavy (non-hydrogen) atoms. The average Bonchev–Trinajstić information content (AvgIpc) is 3.37. The predicted molar refractivity (Wildman–Crippen MR) is 150 cm³/mol. The number of aromatic amines is 1. The molecule has 0 aliphatic heterocycles. The van der Waals surface area contributed by atoms with Crippen LogP contribution in [0.15, 0.2) is 71.8 Å². The molecule has 3 N–H and O–H groups in total. The van der Waals surface area contributed by atoms with E-state index in [2.05, 4.69) is 37.8 Å². The first-order chi connectivity index (χ1) is 20.2. The molecule has 5 aromatic rings. The topological polar surface area (TPSA) is 136 Å². The van der Waals surface area contributed by atoms with Crippen molar-refractivity contribution in [3.63, 3.8) is 0 Å². The zero-order chi connectivity index (χ0) is 29.4. The predicted octanol–water partition coefficient (Wildman–Crippen LogP) is 4.81. The van der Waals surface area contributed by atoms with Crippen molar-refractivity contribution in [2.75, 3.05) is 17.7 Å². The second-order valence-corrected chi connectivity index (χ2v) is 10.2. The number of fused-ring (bicyclic) bond motifs is 1. The maximum Gasteiger partial charge on any atom is 0.284 e. The third-order valence-electron chi connectivity index (χ3n) is 7.10. The lowest BCUT2D eigenvalue weighted by Gasteiger charge is -2.45. The highest BCUT2D eigenvalue weighted by Crippen LogP contribution is 2.40.